The average Bonchev–Trinajstić information content (AvgIpc) is 2.78. The Kier molecular flexibility index (Phi) is 8.95. The molecule has 0 radical (unpaired) electrons. The van der Waals surface area contributed by atoms with Crippen molar-refractivity contribution >= 4 is 11.9 Å². The van der Waals surface area contributed by atoms with E-state index in [0.29, 0.717) is 22.7 Å². The minimum atomic E-state index is -5.08. The number of carboxylic acid groups (broad SMARTS) is 2. The Morgan fingerprint density at radius 1 is 1.00 bits per heavy atom. The van der Waals surface area contributed by atoms with Crippen molar-refractivity contribution in [1.29, 1.82) is 0 Å². The molecule has 3 aromatic rings. The number of nitrogens with zero attached hydrogens (tertiary/aromatic N) is 1. The van der Waals surface area contributed by atoms with Gasteiger partial charge in [0.05, 0.1) is 11.3 Å². The molecule has 8 nitrogen and oxygen atoms in total. The molecule has 36 heavy (non-hydrogen) atoms. The van der Waals surface area contributed by atoms with Crippen molar-refractivity contribution in [3.63, 3.8) is 0 Å². The van der Waals surface area contributed by atoms with Crippen molar-refractivity contribution in [1.82, 2.24) is 4.57 Å². The Morgan fingerprint density at radius 2 is 1.64 bits per heavy atom. The molecule has 0 fully saturated rings. The van der Waals surface area contributed by atoms with Crippen LogP contribution < -0.4 is 16.0 Å². The van der Waals surface area contributed by atoms with Crippen LogP contribution in [-0.4, -0.2) is 32.9 Å². The van der Waals surface area contributed by atoms with Crippen molar-refractivity contribution in [2.24, 2.45) is 5.73 Å². The van der Waals surface area contributed by atoms with E-state index in [4.69, 9.17) is 20.4 Å². The number of hydrogen-bond donors (Lipinski definition) is 3. The third-order valence-electron chi connectivity index (χ3n) is 4.91. The van der Waals surface area contributed by atoms with Crippen LogP contribution in [0.15, 0.2) is 53.3 Å². The molecule has 0 aliphatic heterocycles. The molecule has 0 saturated heterocycles. The fourth-order valence-corrected chi connectivity index (χ4v) is 3.13. The van der Waals surface area contributed by atoms with Crippen LogP contribution in [0.5, 0.6) is 5.75 Å². The van der Waals surface area contributed by atoms with Gasteiger partial charge >= 0.3 is 18.1 Å². The number of pyridine rings is 1. The first-order valence-corrected chi connectivity index (χ1v) is 10.2. The molecule has 0 aliphatic rings. The third-order valence-corrected chi connectivity index (χ3v) is 4.91. The van der Waals surface area contributed by atoms with Crippen LogP contribution in [0.3, 0.4) is 0 Å². The number of nitrogens with two attached hydrogens (primary N) is 1. The second-order valence-electron chi connectivity index (χ2n) is 7.52. The highest BCUT2D eigenvalue weighted by Crippen LogP contribution is 2.21. The number of alkyl halides is 3. The van der Waals surface area contributed by atoms with Crippen molar-refractivity contribution in [2.45, 2.75) is 33.2 Å². The first-order valence-electron chi connectivity index (χ1n) is 10.2. The number of halogens is 4. The van der Waals surface area contributed by atoms with Gasteiger partial charge in [-0.25, -0.2) is 14.0 Å². The van der Waals surface area contributed by atoms with Crippen molar-refractivity contribution < 1.29 is 42.1 Å². The van der Waals surface area contributed by atoms with Crippen LogP contribution in [0.4, 0.5) is 17.6 Å². The molecular formula is C24H22F4N2O6. The van der Waals surface area contributed by atoms with Crippen LogP contribution >= 0.6 is 0 Å². The zero-order valence-corrected chi connectivity index (χ0v) is 19.1. The van der Waals surface area contributed by atoms with E-state index in [1.165, 1.54) is 34.9 Å². The van der Waals surface area contributed by atoms with E-state index < -0.39 is 18.1 Å². The topological polar surface area (TPSA) is 132 Å². The zero-order valence-electron chi connectivity index (χ0n) is 19.1. The third kappa shape index (κ3) is 7.15. The molecule has 192 valence electrons. The maximum atomic E-state index is 13.3. The number of carbonyl (C=O) groups is 2. The predicted molar refractivity (Wildman–Crippen MR) is 121 cm³/mol. The maximum Gasteiger partial charge on any atom is 0.490 e. The maximum absolute atomic E-state index is 13.3. The minimum Gasteiger partial charge on any atom is -0.489 e. The zero-order chi connectivity index (χ0) is 27.2. The highest BCUT2D eigenvalue weighted by atomic mass is 19.4. The Balaban J connectivity index is 0.000000572. The second kappa shape index (κ2) is 11.5. The number of aryl methyl sites for hydroxylation is 2. The average molecular weight is 510 g/mol. The molecule has 0 bridgehead atoms. The van der Waals surface area contributed by atoms with Crippen molar-refractivity contribution in [3.05, 3.63) is 92.6 Å². The normalized spacial score (nSPS) is 10.9. The minimum absolute atomic E-state index is 0.0999. The number of rotatable bonds is 6. The lowest BCUT2D eigenvalue weighted by molar-refractivity contribution is -0.192. The van der Waals surface area contributed by atoms with Gasteiger partial charge in [0.2, 0.25) is 0 Å². The molecule has 0 aliphatic carbocycles. The molecule has 0 spiro atoms. The summed E-state index contributed by atoms with van der Waals surface area (Å²) in [6, 6.07) is 12.0. The lowest BCUT2D eigenvalue weighted by atomic mass is 10.1. The second-order valence-corrected chi connectivity index (χ2v) is 7.52. The Hall–Kier alpha value is -4.19. The van der Waals surface area contributed by atoms with E-state index in [9.17, 15) is 32.3 Å². The van der Waals surface area contributed by atoms with Gasteiger partial charge < -0.3 is 20.7 Å². The fourth-order valence-electron chi connectivity index (χ4n) is 3.13. The number of ether oxygens (including phenoxy) is 1. The van der Waals surface area contributed by atoms with Gasteiger partial charge in [-0.3, -0.25) is 9.36 Å². The van der Waals surface area contributed by atoms with E-state index in [-0.39, 0.29) is 30.1 Å². The molecule has 0 saturated carbocycles. The van der Waals surface area contributed by atoms with Gasteiger partial charge in [-0.2, -0.15) is 13.2 Å². The van der Waals surface area contributed by atoms with Crippen molar-refractivity contribution in [3.8, 4) is 11.4 Å². The first-order chi connectivity index (χ1) is 16.7. The predicted octanol–water partition coefficient (Wildman–Crippen LogP) is 3.96. The Labute approximate surface area is 202 Å². The van der Waals surface area contributed by atoms with Crippen molar-refractivity contribution in [2.75, 3.05) is 0 Å². The number of aromatic nitrogens is 1. The summed E-state index contributed by atoms with van der Waals surface area (Å²) in [4.78, 5) is 32.9. The monoisotopic (exact) mass is 510 g/mol. The van der Waals surface area contributed by atoms with Gasteiger partial charge in [-0.05, 0) is 54.8 Å². The highest BCUT2D eigenvalue weighted by Gasteiger charge is 2.38. The summed E-state index contributed by atoms with van der Waals surface area (Å²) in [5.74, 6) is -3.82. The van der Waals surface area contributed by atoms with Crippen LogP contribution in [-0.2, 0) is 17.9 Å². The largest absolute Gasteiger partial charge is 0.490 e. The van der Waals surface area contributed by atoms with Crippen LogP contribution in [0.2, 0.25) is 0 Å². The van der Waals surface area contributed by atoms with Gasteiger partial charge in [-0.15, -0.1) is 0 Å². The molecular weight excluding hydrogens is 488 g/mol. The quantitative estimate of drug-likeness (QED) is 0.428. The highest BCUT2D eigenvalue weighted by molar-refractivity contribution is 5.88. The fraction of sp³-hybridized carbons (Fsp3) is 0.208. The van der Waals surface area contributed by atoms with E-state index >= 15 is 0 Å². The molecule has 3 rings (SSSR count). The van der Waals surface area contributed by atoms with Gasteiger partial charge in [0.15, 0.2) is 0 Å². The Bertz CT molecular complexity index is 1340. The summed E-state index contributed by atoms with van der Waals surface area (Å²) in [6.07, 6.45) is -5.08. The molecule has 2 aromatic carbocycles. The molecule has 12 heteroatoms. The summed E-state index contributed by atoms with van der Waals surface area (Å²) in [6.45, 7) is 3.87. The number of hydrogen-bond acceptors (Lipinski definition) is 5. The van der Waals surface area contributed by atoms with Gasteiger partial charge in [-0.1, -0.05) is 12.1 Å². The SMILES string of the molecule is Cc1ccc(C(=O)O)cc1-n1c(C)cc(OCc2ccc(F)cc2CN)cc1=O.O=C(O)C(F)(F)F. The van der Waals surface area contributed by atoms with E-state index in [1.54, 1.807) is 32.0 Å². The molecule has 1 aromatic heterocycles. The number of carboxylic acids is 2. The summed E-state index contributed by atoms with van der Waals surface area (Å²) >= 11 is 0. The first kappa shape index (κ1) is 28.1. The molecule has 0 amide bonds. The van der Waals surface area contributed by atoms with E-state index in [0.717, 1.165) is 11.1 Å². The number of benzene rings is 2. The molecule has 4 N–H and O–H groups in total. The van der Waals surface area contributed by atoms with E-state index in [1.807, 2.05) is 0 Å². The van der Waals surface area contributed by atoms with E-state index in [2.05, 4.69) is 0 Å². The van der Waals surface area contributed by atoms with Crippen LogP contribution in [0.1, 0.15) is 32.7 Å². The summed E-state index contributed by atoms with van der Waals surface area (Å²) < 4.78 is 52.3. The number of aromatic carboxylic acids is 1. The lowest BCUT2D eigenvalue weighted by Gasteiger charge is -2.15. The smallest absolute Gasteiger partial charge is 0.489 e. The van der Waals surface area contributed by atoms with Gasteiger partial charge in [0.1, 0.15) is 18.2 Å². The van der Waals surface area contributed by atoms with Gasteiger partial charge in [0.25, 0.3) is 5.56 Å². The summed E-state index contributed by atoms with van der Waals surface area (Å²) in [5, 5.41) is 16.4. The van der Waals surface area contributed by atoms with Gasteiger partial charge in [0, 0.05) is 24.4 Å². The molecule has 1 heterocycles. The number of aliphatic carboxylic acids is 1. The molecule has 0 atom stereocenters. The Morgan fingerprint density at radius 3 is 2.17 bits per heavy atom. The van der Waals surface area contributed by atoms with Crippen LogP contribution in [0, 0.1) is 19.7 Å². The standard InChI is InChI=1S/C22H21FN2O4.C2HF3O2/c1-13-3-4-15(22(27)28)9-20(13)25-14(2)7-19(10-21(25)26)29-12-16-5-6-18(23)8-17(16)11-24;3-2(4,5)1(6)7/h3-10H,11-12,24H2,1-2H3,(H,27,28);(H,6,7). The molecule has 0 unspecified atom stereocenters. The summed E-state index contributed by atoms with van der Waals surface area (Å²) in [7, 11) is 0. The van der Waals surface area contributed by atoms with Crippen LogP contribution in [0.25, 0.3) is 5.69 Å². The summed E-state index contributed by atoms with van der Waals surface area (Å²) in [5.41, 5.74) is 8.65. The lowest BCUT2D eigenvalue weighted by Crippen LogP contribution is -2.21.